The summed E-state index contributed by atoms with van der Waals surface area (Å²) in [6.45, 7) is 1.97. The number of unbranched alkanes of at least 4 members (excludes halogenated alkanes) is 1. The molecule has 1 atom stereocenters. The van der Waals surface area contributed by atoms with Gasteiger partial charge in [-0.25, -0.2) is 0 Å². The van der Waals surface area contributed by atoms with Gasteiger partial charge in [-0.2, -0.15) is 10.1 Å². The third-order valence-corrected chi connectivity index (χ3v) is 3.23. The molecule has 0 bridgehead atoms. The first-order valence-corrected chi connectivity index (χ1v) is 6.21. The van der Waals surface area contributed by atoms with Crippen LogP contribution in [0.3, 0.4) is 0 Å². The van der Waals surface area contributed by atoms with Gasteiger partial charge in [-0.05, 0) is 12.8 Å². The third kappa shape index (κ3) is 2.03. The Kier molecular flexibility index (Phi) is 3.66. The monoisotopic (exact) mass is 266 g/mol. The van der Waals surface area contributed by atoms with Crippen LogP contribution in [-0.2, 0) is 5.85 Å². The second-order valence-electron chi connectivity index (χ2n) is 4.50. The Labute approximate surface area is 111 Å². The van der Waals surface area contributed by atoms with Crippen LogP contribution in [0.1, 0.15) is 31.7 Å². The molecular weight excluding hydrogens is 248 g/mol. The molecule has 1 heterocycles. The van der Waals surface area contributed by atoms with Crippen molar-refractivity contribution in [3.63, 3.8) is 0 Å². The van der Waals surface area contributed by atoms with E-state index in [0.29, 0.717) is 11.5 Å². The van der Waals surface area contributed by atoms with Gasteiger partial charge in [0.1, 0.15) is 5.70 Å². The van der Waals surface area contributed by atoms with Gasteiger partial charge in [0.2, 0.25) is 5.88 Å². The van der Waals surface area contributed by atoms with Crippen LogP contribution in [0, 0.1) is 0 Å². The number of aliphatic hydroxyl groups excluding tert-OH is 1. The maximum atomic E-state index is 10.5. The van der Waals surface area contributed by atoms with Gasteiger partial charge >= 0.3 is 0 Å². The van der Waals surface area contributed by atoms with E-state index in [-0.39, 0.29) is 16.3 Å². The Morgan fingerprint density at radius 2 is 1.74 bits per heavy atom. The second kappa shape index (κ2) is 5.08. The van der Waals surface area contributed by atoms with Crippen LogP contribution in [0.25, 0.3) is 0 Å². The molecule has 0 fully saturated rings. The van der Waals surface area contributed by atoms with E-state index in [4.69, 9.17) is 0 Å². The Morgan fingerprint density at radius 3 is 2.32 bits per heavy atom. The number of nitrogens with zero attached hydrogens (tertiary/aromatic N) is 2. The highest BCUT2D eigenvalue weighted by Crippen LogP contribution is 2.40. The second-order valence-corrected chi connectivity index (χ2v) is 4.50. The largest absolute Gasteiger partial charge is 0.492 e. The molecule has 0 saturated heterocycles. The van der Waals surface area contributed by atoms with Crippen molar-refractivity contribution in [1.82, 2.24) is 10.1 Å². The van der Waals surface area contributed by atoms with Crippen molar-refractivity contribution in [2.24, 2.45) is 0 Å². The Morgan fingerprint density at radius 1 is 1.11 bits per heavy atom. The van der Waals surface area contributed by atoms with E-state index in [1.54, 1.807) is 30.3 Å². The van der Waals surface area contributed by atoms with E-state index in [1.807, 2.05) is 6.92 Å². The normalized spacial score (nSPS) is 23.4. The van der Waals surface area contributed by atoms with Gasteiger partial charge in [0.15, 0.2) is 0 Å². The van der Waals surface area contributed by atoms with E-state index in [9.17, 15) is 20.6 Å². The molecule has 104 valence electrons. The molecule has 1 unspecified atom stereocenters. The fraction of sp³-hybridized carbons (Fsp3) is 0.385. The first-order chi connectivity index (χ1) is 9.03. The van der Waals surface area contributed by atoms with E-state index in [2.05, 4.69) is 0 Å². The maximum Gasteiger partial charge on any atom is 0.294 e. The molecule has 1 aromatic rings. The minimum atomic E-state index is -2.20. The van der Waals surface area contributed by atoms with Crippen molar-refractivity contribution in [3.8, 4) is 0 Å². The topological polar surface area (TPSA) is 87.4 Å². The number of benzene rings is 1. The Balaban J connectivity index is 2.36. The molecule has 0 spiro atoms. The summed E-state index contributed by atoms with van der Waals surface area (Å²) in [7, 11) is 0. The first kappa shape index (κ1) is 13.7. The van der Waals surface area contributed by atoms with Crippen molar-refractivity contribution in [2.75, 3.05) is 0 Å². The summed E-state index contributed by atoms with van der Waals surface area (Å²) < 4.78 is 0. The molecule has 1 aliphatic heterocycles. The van der Waals surface area contributed by atoms with Crippen LogP contribution in [0.4, 0.5) is 0 Å². The highest BCUT2D eigenvalue weighted by Gasteiger charge is 2.51. The minimum absolute atomic E-state index is 0.0932. The molecule has 6 heteroatoms. The van der Waals surface area contributed by atoms with E-state index >= 15 is 0 Å². The average molecular weight is 266 g/mol. The zero-order chi connectivity index (χ0) is 14.0. The van der Waals surface area contributed by atoms with E-state index < -0.39 is 11.7 Å². The van der Waals surface area contributed by atoms with Crippen molar-refractivity contribution in [1.29, 1.82) is 0 Å². The highest BCUT2D eigenvalue weighted by atomic mass is 16.6. The van der Waals surface area contributed by atoms with Crippen LogP contribution < -0.4 is 0 Å². The predicted molar refractivity (Wildman–Crippen MR) is 66.8 cm³/mol. The molecule has 1 aromatic carbocycles. The fourth-order valence-electron chi connectivity index (χ4n) is 2.11. The van der Waals surface area contributed by atoms with Gasteiger partial charge in [0.25, 0.3) is 5.85 Å². The van der Waals surface area contributed by atoms with E-state index in [1.165, 1.54) is 0 Å². The molecule has 0 aliphatic carbocycles. The van der Waals surface area contributed by atoms with Crippen molar-refractivity contribution >= 4 is 0 Å². The SMILES string of the molecule is CCCCC1=C(O)N(O)C(O)(c2ccccc2)N1O. The zero-order valence-corrected chi connectivity index (χ0v) is 10.7. The number of hydrogen-bond donors (Lipinski definition) is 4. The molecule has 0 radical (unpaired) electrons. The summed E-state index contributed by atoms with van der Waals surface area (Å²) >= 11 is 0. The highest BCUT2D eigenvalue weighted by molar-refractivity contribution is 5.26. The van der Waals surface area contributed by atoms with Gasteiger partial charge in [-0.3, -0.25) is 10.4 Å². The molecule has 0 aromatic heterocycles. The molecule has 2 rings (SSSR count). The molecule has 0 amide bonds. The summed E-state index contributed by atoms with van der Waals surface area (Å²) in [5, 5.41) is 41.1. The summed E-state index contributed by atoms with van der Waals surface area (Å²) in [5.41, 5.74) is 0.341. The quantitative estimate of drug-likeness (QED) is 0.667. The number of hydrogen-bond acceptors (Lipinski definition) is 6. The van der Waals surface area contributed by atoms with Crippen molar-refractivity contribution in [3.05, 3.63) is 47.5 Å². The lowest BCUT2D eigenvalue weighted by molar-refractivity contribution is -0.362. The van der Waals surface area contributed by atoms with Gasteiger partial charge in [-0.1, -0.05) is 43.7 Å². The maximum absolute atomic E-state index is 10.5. The number of allylic oxidation sites excluding steroid dienone is 1. The zero-order valence-electron chi connectivity index (χ0n) is 10.7. The molecular formula is C13H18N2O4. The lowest BCUT2D eigenvalue weighted by Gasteiger charge is -2.34. The lowest BCUT2D eigenvalue weighted by atomic mass is 10.1. The summed E-state index contributed by atoms with van der Waals surface area (Å²) in [5.74, 6) is -2.74. The molecule has 0 saturated carbocycles. The summed E-state index contributed by atoms with van der Waals surface area (Å²) in [6, 6.07) is 8.16. The summed E-state index contributed by atoms with van der Waals surface area (Å²) in [6.07, 6.45) is 1.93. The summed E-state index contributed by atoms with van der Waals surface area (Å²) in [4.78, 5) is 0. The smallest absolute Gasteiger partial charge is 0.294 e. The Bertz CT molecular complexity index is 477. The van der Waals surface area contributed by atoms with Crippen LogP contribution in [0.2, 0.25) is 0 Å². The standard InChI is InChI=1S/C13H18N2O4/c1-2-3-9-11-12(16)15(19)13(17,14(11)18)10-7-5-4-6-8-10/h4-8,16-19H,2-3,9H2,1H3. The van der Waals surface area contributed by atoms with Crippen LogP contribution in [0.5, 0.6) is 0 Å². The average Bonchev–Trinajstić information content (AvgIpc) is 2.61. The Hall–Kier alpha value is -1.76. The predicted octanol–water partition coefficient (Wildman–Crippen LogP) is 2.10. The first-order valence-electron chi connectivity index (χ1n) is 6.21. The number of rotatable bonds is 4. The number of aliphatic hydroxyl groups is 2. The van der Waals surface area contributed by atoms with Crippen LogP contribution >= 0.6 is 0 Å². The van der Waals surface area contributed by atoms with Gasteiger partial charge in [0, 0.05) is 5.56 Å². The van der Waals surface area contributed by atoms with Crippen LogP contribution in [-0.4, -0.2) is 30.8 Å². The lowest BCUT2D eigenvalue weighted by Crippen LogP contribution is -2.49. The van der Waals surface area contributed by atoms with E-state index in [0.717, 1.165) is 12.8 Å². The molecule has 19 heavy (non-hydrogen) atoms. The van der Waals surface area contributed by atoms with Gasteiger partial charge < -0.3 is 10.2 Å². The molecule has 6 nitrogen and oxygen atoms in total. The minimum Gasteiger partial charge on any atom is -0.492 e. The molecule has 4 N–H and O–H groups in total. The van der Waals surface area contributed by atoms with Crippen molar-refractivity contribution in [2.45, 2.75) is 32.0 Å². The van der Waals surface area contributed by atoms with Crippen molar-refractivity contribution < 1.29 is 20.6 Å². The van der Waals surface area contributed by atoms with Gasteiger partial charge in [-0.15, -0.1) is 0 Å². The third-order valence-electron chi connectivity index (χ3n) is 3.23. The van der Waals surface area contributed by atoms with Gasteiger partial charge in [0.05, 0.1) is 0 Å². The molecule has 1 aliphatic rings. The number of hydroxylamine groups is 4. The van der Waals surface area contributed by atoms with Crippen LogP contribution in [0.15, 0.2) is 41.9 Å². The fourth-order valence-corrected chi connectivity index (χ4v) is 2.11.